The van der Waals surface area contributed by atoms with Crippen LogP contribution in [-0.2, 0) is 9.59 Å². The van der Waals surface area contributed by atoms with Gasteiger partial charge in [0.2, 0.25) is 11.8 Å². The number of hydrogen-bond acceptors (Lipinski definition) is 4. The molecule has 4 fully saturated rings. The molecule has 7 rings (SSSR count). The van der Waals surface area contributed by atoms with E-state index in [0.717, 1.165) is 39.9 Å². The molecule has 4 bridgehead atoms. The van der Waals surface area contributed by atoms with Crippen molar-refractivity contribution in [3.05, 3.63) is 35.8 Å². The van der Waals surface area contributed by atoms with E-state index in [4.69, 9.17) is 0 Å². The number of hydrogen-bond donors (Lipinski definition) is 3. The summed E-state index contributed by atoms with van der Waals surface area (Å²) in [7, 11) is 0. The number of para-hydroxylation sites is 1. The molecule has 3 N–H and O–H groups in total. The Labute approximate surface area is 191 Å². The second-order valence-electron chi connectivity index (χ2n) is 10.2. The minimum Gasteiger partial charge on any atom is -0.360 e. The molecule has 32 heavy (non-hydrogen) atoms. The minimum absolute atomic E-state index is 0.00675. The lowest BCUT2D eigenvalue weighted by molar-refractivity contribution is -0.131. The molecule has 4 aliphatic carbocycles. The normalized spacial score (nSPS) is 28.2. The molecule has 0 radical (unpaired) electrons. The van der Waals surface area contributed by atoms with E-state index in [1.54, 1.807) is 0 Å². The maximum Gasteiger partial charge on any atom is 0.245 e. The highest BCUT2D eigenvalue weighted by molar-refractivity contribution is 7.14. The number of anilines is 1. The van der Waals surface area contributed by atoms with Crippen molar-refractivity contribution in [3.63, 3.8) is 0 Å². The van der Waals surface area contributed by atoms with E-state index in [2.05, 4.69) is 26.7 Å². The second-order valence-corrected chi connectivity index (χ2v) is 11.1. The van der Waals surface area contributed by atoms with Gasteiger partial charge < -0.3 is 15.6 Å². The molecule has 3 aromatic rings. The number of nitrogens with one attached hydrogen (secondary N) is 3. The summed E-state index contributed by atoms with van der Waals surface area (Å²) in [6.07, 6.45) is 10.2. The van der Waals surface area contributed by atoms with Crippen molar-refractivity contribution < 1.29 is 9.59 Å². The van der Waals surface area contributed by atoms with Crippen LogP contribution in [-0.4, -0.2) is 28.3 Å². The Morgan fingerprint density at radius 2 is 1.78 bits per heavy atom. The summed E-state index contributed by atoms with van der Waals surface area (Å²) in [6.45, 7) is -0.00675. The van der Waals surface area contributed by atoms with E-state index in [0.29, 0.717) is 11.6 Å². The van der Waals surface area contributed by atoms with Crippen LogP contribution in [0, 0.1) is 23.2 Å². The topological polar surface area (TPSA) is 86.9 Å². The molecular weight excluding hydrogens is 420 g/mol. The van der Waals surface area contributed by atoms with E-state index < -0.39 is 0 Å². The average molecular weight is 449 g/mol. The average Bonchev–Trinajstić information content (AvgIpc) is 3.37. The smallest absolute Gasteiger partial charge is 0.245 e. The number of benzene rings is 1. The first-order valence-electron chi connectivity index (χ1n) is 11.6. The van der Waals surface area contributed by atoms with Gasteiger partial charge in [0.05, 0.1) is 12.2 Å². The monoisotopic (exact) mass is 448 g/mol. The number of thiazole rings is 1. The fourth-order valence-electron chi connectivity index (χ4n) is 6.99. The molecule has 0 aliphatic heterocycles. The number of fused-ring (bicyclic) bond motifs is 1. The van der Waals surface area contributed by atoms with Gasteiger partial charge in [-0.2, -0.15) is 0 Å². The molecule has 1 aromatic carbocycles. The van der Waals surface area contributed by atoms with Gasteiger partial charge in [-0.1, -0.05) is 18.2 Å². The molecule has 7 heteroatoms. The fraction of sp³-hybridized carbons (Fsp3) is 0.480. The summed E-state index contributed by atoms with van der Waals surface area (Å²) < 4.78 is 0. The van der Waals surface area contributed by atoms with Crippen molar-refractivity contribution in [2.45, 2.75) is 44.9 Å². The number of nitrogens with zero attached hydrogens (tertiary/aromatic N) is 1. The number of H-pyrrole nitrogens is 1. The highest BCUT2D eigenvalue weighted by Crippen LogP contribution is 2.61. The maximum atomic E-state index is 12.7. The highest BCUT2D eigenvalue weighted by atomic mass is 32.1. The van der Waals surface area contributed by atoms with Gasteiger partial charge >= 0.3 is 0 Å². The predicted octanol–water partition coefficient (Wildman–Crippen LogP) is 4.95. The van der Waals surface area contributed by atoms with Crippen LogP contribution in [0.4, 0.5) is 5.13 Å². The molecule has 0 spiro atoms. The number of aromatic amines is 1. The van der Waals surface area contributed by atoms with Crippen LogP contribution < -0.4 is 10.6 Å². The third-order valence-corrected chi connectivity index (χ3v) is 8.52. The van der Waals surface area contributed by atoms with Crippen LogP contribution in [0.3, 0.4) is 0 Å². The van der Waals surface area contributed by atoms with Crippen molar-refractivity contribution in [2.24, 2.45) is 23.2 Å². The number of aromatic nitrogens is 2. The van der Waals surface area contributed by atoms with Crippen LogP contribution in [0.5, 0.6) is 0 Å². The van der Waals surface area contributed by atoms with Crippen molar-refractivity contribution >= 4 is 39.2 Å². The van der Waals surface area contributed by atoms with Gasteiger partial charge in [-0.25, -0.2) is 4.98 Å². The van der Waals surface area contributed by atoms with E-state index in [1.165, 1.54) is 49.9 Å². The second kappa shape index (κ2) is 7.73. The molecule has 2 aromatic heterocycles. The first kappa shape index (κ1) is 20.0. The Kier molecular flexibility index (Phi) is 4.82. The lowest BCUT2D eigenvalue weighted by Crippen LogP contribution is -2.48. The van der Waals surface area contributed by atoms with Crippen LogP contribution in [0.15, 0.2) is 35.8 Å². The summed E-state index contributed by atoms with van der Waals surface area (Å²) >= 11 is 1.39. The summed E-state index contributed by atoms with van der Waals surface area (Å²) in [4.78, 5) is 32.9. The van der Waals surface area contributed by atoms with Crippen LogP contribution in [0.25, 0.3) is 22.2 Å². The zero-order valence-electron chi connectivity index (χ0n) is 18.0. The zero-order valence-corrected chi connectivity index (χ0v) is 18.8. The molecule has 2 heterocycles. The van der Waals surface area contributed by atoms with Crippen molar-refractivity contribution in [3.8, 4) is 11.3 Å². The number of amides is 2. The standard InChI is InChI=1S/C25H28N4O2S/c30-22(11-25-8-15-5-16(9-25)7-17(6-15)10-25)27-13-23(31)29-24-28-21(14-32-24)19-12-26-20-4-2-1-3-18(19)20/h1-4,12,14-17,26H,5-11,13H2,(H,27,30)(H,28,29,31). The highest BCUT2D eigenvalue weighted by Gasteiger charge is 2.51. The Balaban J connectivity index is 1.04. The van der Waals surface area contributed by atoms with Gasteiger partial charge in [-0.05, 0) is 67.8 Å². The molecule has 2 amide bonds. The van der Waals surface area contributed by atoms with Crippen LogP contribution in [0.1, 0.15) is 44.9 Å². The Morgan fingerprint density at radius 1 is 1.06 bits per heavy atom. The predicted molar refractivity (Wildman–Crippen MR) is 126 cm³/mol. The molecular formula is C25H28N4O2S. The Morgan fingerprint density at radius 3 is 2.53 bits per heavy atom. The van der Waals surface area contributed by atoms with Crippen molar-refractivity contribution in [1.82, 2.24) is 15.3 Å². The molecule has 4 saturated carbocycles. The molecule has 0 saturated heterocycles. The first-order valence-corrected chi connectivity index (χ1v) is 12.5. The summed E-state index contributed by atoms with van der Waals surface area (Å²) in [5.74, 6) is 2.26. The largest absolute Gasteiger partial charge is 0.360 e. The molecule has 4 aliphatic rings. The summed E-state index contributed by atoms with van der Waals surface area (Å²) in [6, 6.07) is 8.08. The van der Waals surface area contributed by atoms with Gasteiger partial charge in [0.15, 0.2) is 5.13 Å². The maximum absolute atomic E-state index is 12.7. The quantitative estimate of drug-likeness (QED) is 0.498. The van der Waals surface area contributed by atoms with Crippen molar-refractivity contribution in [1.29, 1.82) is 0 Å². The Bertz CT molecular complexity index is 1140. The van der Waals surface area contributed by atoms with Gasteiger partial charge in [0.25, 0.3) is 0 Å². The van der Waals surface area contributed by atoms with E-state index in [-0.39, 0.29) is 23.8 Å². The van der Waals surface area contributed by atoms with E-state index >= 15 is 0 Å². The summed E-state index contributed by atoms with van der Waals surface area (Å²) in [5.41, 5.74) is 3.09. The van der Waals surface area contributed by atoms with Gasteiger partial charge in [0.1, 0.15) is 0 Å². The van der Waals surface area contributed by atoms with E-state index in [1.807, 2.05) is 29.8 Å². The Hall–Kier alpha value is -2.67. The molecule has 6 nitrogen and oxygen atoms in total. The number of carbonyl (C=O) groups excluding carboxylic acids is 2. The van der Waals surface area contributed by atoms with Crippen LogP contribution >= 0.6 is 11.3 Å². The number of rotatable bonds is 6. The van der Waals surface area contributed by atoms with Crippen molar-refractivity contribution in [2.75, 3.05) is 11.9 Å². The minimum atomic E-state index is -0.233. The summed E-state index contributed by atoms with van der Waals surface area (Å²) in [5, 5.41) is 9.28. The first-order chi connectivity index (χ1) is 15.6. The van der Waals surface area contributed by atoms with Crippen LogP contribution in [0.2, 0.25) is 0 Å². The zero-order chi connectivity index (χ0) is 21.7. The fourth-order valence-corrected chi connectivity index (χ4v) is 7.72. The van der Waals surface area contributed by atoms with Gasteiger partial charge in [-0.3, -0.25) is 9.59 Å². The molecule has 166 valence electrons. The third-order valence-electron chi connectivity index (χ3n) is 7.76. The van der Waals surface area contributed by atoms with Gasteiger partial charge in [-0.15, -0.1) is 11.3 Å². The molecule has 0 unspecified atom stereocenters. The lowest BCUT2D eigenvalue weighted by Gasteiger charge is -2.56. The lowest BCUT2D eigenvalue weighted by atomic mass is 9.49. The van der Waals surface area contributed by atoms with Gasteiger partial charge in [0, 0.05) is 34.5 Å². The van der Waals surface area contributed by atoms with E-state index in [9.17, 15) is 9.59 Å². The SMILES string of the molecule is O=C(CC12CC3CC(CC(C3)C1)C2)NCC(=O)Nc1nc(-c2c[nH]c3ccccc23)cs1. The molecule has 0 atom stereocenters. The third kappa shape index (κ3) is 3.72. The number of carbonyl (C=O) groups is 2.